The van der Waals surface area contributed by atoms with Crippen molar-refractivity contribution < 1.29 is 19.8 Å². The molecule has 2 unspecified atom stereocenters. The number of hydrogen-bond donors (Lipinski definition) is 2. The second-order valence-electron chi connectivity index (χ2n) is 4.27. The molecule has 0 aliphatic rings. The fraction of sp³-hybridized carbons (Fsp3) is 0.385. The molecule has 5 heteroatoms. The summed E-state index contributed by atoms with van der Waals surface area (Å²) < 4.78 is 0. The molecule has 0 saturated heterocycles. The van der Waals surface area contributed by atoms with Crippen molar-refractivity contribution in [3.63, 3.8) is 0 Å². The van der Waals surface area contributed by atoms with Gasteiger partial charge in [0, 0.05) is 13.6 Å². The van der Waals surface area contributed by atoms with Gasteiger partial charge in [0.05, 0.1) is 5.92 Å². The topological polar surface area (TPSA) is 77.8 Å². The number of carboxylic acid groups (broad SMARTS) is 1. The number of rotatable bonds is 5. The van der Waals surface area contributed by atoms with Gasteiger partial charge < -0.3 is 15.1 Å². The number of benzene rings is 1. The van der Waals surface area contributed by atoms with Crippen LogP contribution >= 0.6 is 0 Å². The largest absolute Gasteiger partial charge is 0.481 e. The van der Waals surface area contributed by atoms with Crippen molar-refractivity contribution in [1.82, 2.24) is 4.90 Å². The van der Waals surface area contributed by atoms with E-state index in [1.807, 2.05) is 0 Å². The smallest absolute Gasteiger partial charge is 0.308 e. The first-order valence-electron chi connectivity index (χ1n) is 5.64. The van der Waals surface area contributed by atoms with E-state index in [4.69, 9.17) is 5.11 Å². The van der Waals surface area contributed by atoms with Crippen LogP contribution in [0.2, 0.25) is 0 Å². The van der Waals surface area contributed by atoms with Gasteiger partial charge in [0.25, 0.3) is 5.91 Å². The average molecular weight is 251 g/mol. The molecule has 2 atom stereocenters. The highest BCUT2D eigenvalue weighted by Gasteiger charge is 2.23. The Morgan fingerprint density at radius 3 is 2.33 bits per heavy atom. The van der Waals surface area contributed by atoms with E-state index >= 15 is 0 Å². The molecule has 0 heterocycles. The van der Waals surface area contributed by atoms with E-state index in [1.54, 1.807) is 30.3 Å². The Hall–Kier alpha value is -1.88. The lowest BCUT2D eigenvalue weighted by Crippen LogP contribution is -2.36. The molecule has 1 aromatic rings. The van der Waals surface area contributed by atoms with Gasteiger partial charge in [0.2, 0.25) is 0 Å². The van der Waals surface area contributed by atoms with Gasteiger partial charge >= 0.3 is 5.97 Å². The summed E-state index contributed by atoms with van der Waals surface area (Å²) in [5.41, 5.74) is 0.498. The van der Waals surface area contributed by atoms with E-state index in [1.165, 1.54) is 18.9 Å². The van der Waals surface area contributed by atoms with E-state index in [2.05, 4.69) is 0 Å². The molecule has 0 aliphatic carbocycles. The van der Waals surface area contributed by atoms with Crippen LogP contribution in [0.1, 0.15) is 18.6 Å². The molecule has 18 heavy (non-hydrogen) atoms. The van der Waals surface area contributed by atoms with Crippen LogP contribution in [0.25, 0.3) is 0 Å². The third-order valence-electron chi connectivity index (χ3n) is 2.69. The fourth-order valence-corrected chi connectivity index (χ4v) is 1.57. The van der Waals surface area contributed by atoms with Crippen molar-refractivity contribution in [3.05, 3.63) is 35.9 Å². The Kier molecular flexibility index (Phi) is 4.85. The monoisotopic (exact) mass is 251 g/mol. The molecule has 0 radical (unpaired) electrons. The van der Waals surface area contributed by atoms with Crippen molar-refractivity contribution >= 4 is 11.9 Å². The van der Waals surface area contributed by atoms with Crippen LogP contribution in [0.5, 0.6) is 0 Å². The summed E-state index contributed by atoms with van der Waals surface area (Å²) in [7, 11) is 1.48. The summed E-state index contributed by atoms with van der Waals surface area (Å²) in [5.74, 6) is -2.14. The number of likely N-dealkylation sites (N-methyl/N-ethyl adjacent to an activating group) is 1. The molecule has 5 nitrogen and oxygen atoms in total. The van der Waals surface area contributed by atoms with Gasteiger partial charge in [-0.25, -0.2) is 0 Å². The summed E-state index contributed by atoms with van der Waals surface area (Å²) >= 11 is 0. The summed E-state index contributed by atoms with van der Waals surface area (Å²) in [6.07, 6.45) is -1.25. The van der Waals surface area contributed by atoms with Gasteiger partial charge in [0.1, 0.15) is 0 Å². The number of aliphatic hydroxyl groups excluding tert-OH is 1. The molecule has 0 spiro atoms. The highest BCUT2D eigenvalue weighted by molar-refractivity contribution is 5.82. The van der Waals surface area contributed by atoms with E-state index in [9.17, 15) is 14.7 Å². The molecule has 2 N–H and O–H groups in total. The number of carboxylic acids is 1. The van der Waals surface area contributed by atoms with Crippen LogP contribution in [-0.2, 0) is 9.59 Å². The summed E-state index contributed by atoms with van der Waals surface area (Å²) in [4.78, 5) is 23.8. The Labute approximate surface area is 106 Å². The van der Waals surface area contributed by atoms with Gasteiger partial charge in [-0.2, -0.15) is 0 Å². The fourth-order valence-electron chi connectivity index (χ4n) is 1.57. The molecule has 0 fully saturated rings. The molecule has 0 bridgehead atoms. The lowest BCUT2D eigenvalue weighted by molar-refractivity contribution is -0.145. The van der Waals surface area contributed by atoms with Crippen molar-refractivity contribution in [2.45, 2.75) is 13.0 Å². The van der Waals surface area contributed by atoms with Crippen LogP contribution in [0.15, 0.2) is 30.3 Å². The SMILES string of the molecule is CC(CN(C)C(=O)C(O)c1ccccc1)C(=O)O. The van der Waals surface area contributed by atoms with E-state index < -0.39 is 23.9 Å². The zero-order valence-electron chi connectivity index (χ0n) is 10.4. The van der Waals surface area contributed by atoms with Crippen LogP contribution < -0.4 is 0 Å². The Morgan fingerprint density at radius 1 is 1.28 bits per heavy atom. The number of hydrogen-bond acceptors (Lipinski definition) is 3. The first-order valence-corrected chi connectivity index (χ1v) is 5.64. The zero-order chi connectivity index (χ0) is 13.7. The lowest BCUT2D eigenvalue weighted by Gasteiger charge is -2.22. The number of carbonyl (C=O) groups excluding carboxylic acids is 1. The minimum absolute atomic E-state index is 0.0675. The van der Waals surface area contributed by atoms with Crippen LogP contribution in [0.4, 0.5) is 0 Å². The second kappa shape index (κ2) is 6.16. The third kappa shape index (κ3) is 3.56. The van der Waals surface area contributed by atoms with Crippen LogP contribution in [0.3, 0.4) is 0 Å². The molecule has 0 saturated carbocycles. The standard InChI is InChI=1S/C13H17NO4/c1-9(13(17)18)8-14(2)12(16)11(15)10-6-4-3-5-7-10/h3-7,9,11,15H,8H2,1-2H3,(H,17,18). The Morgan fingerprint density at radius 2 is 1.83 bits per heavy atom. The lowest BCUT2D eigenvalue weighted by atomic mass is 10.1. The highest BCUT2D eigenvalue weighted by atomic mass is 16.4. The van der Waals surface area contributed by atoms with Crippen molar-refractivity contribution in [2.75, 3.05) is 13.6 Å². The maximum atomic E-state index is 11.9. The molecule has 1 rings (SSSR count). The first-order chi connectivity index (χ1) is 8.43. The Balaban J connectivity index is 2.67. The molecule has 98 valence electrons. The first kappa shape index (κ1) is 14.2. The number of amides is 1. The second-order valence-corrected chi connectivity index (χ2v) is 4.27. The minimum atomic E-state index is -1.25. The molecule has 0 aliphatic heterocycles. The van der Waals surface area contributed by atoms with Crippen molar-refractivity contribution in [1.29, 1.82) is 0 Å². The van der Waals surface area contributed by atoms with Crippen molar-refractivity contribution in [3.8, 4) is 0 Å². The summed E-state index contributed by atoms with van der Waals surface area (Å²) in [6, 6.07) is 8.54. The molecular formula is C13H17NO4. The van der Waals surface area contributed by atoms with Crippen LogP contribution in [0, 0.1) is 5.92 Å². The van der Waals surface area contributed by atoms with E-state index in [0.717, 1.165) is 0 Å². The van der Waals surface area contributed by atoms with Gasteiger partial charge in [-0.15, -0.1) is 0 Å². The number of carbonyl (C=O) groups is 2. The maximum Gasteiger partial charge on any atom is 0.308 e. The molecule has 1 aromatic carbocycles. The summed E-state index contributed by atoms with van der Waals surface area (Å²) in [5, 5.41) is 18.6. The molecule has 1 amide bonds. The quantitative estimate of drug-likeness (QED) is 0.815. The predicted molar refractivity (Wildman–Crippen MR) is 65.8 cm³/mol. The number of nitrogens with zero attached hydrogens (tertiary/aromatic N) is 1. The van der Waals surface area contributed by atoms with Gasteiger partial charge in [-0.1, -0.05) is 37.3 Å². The van der Waals surface area contributed by atoms with Gasteiger partial charge in [-0.3, -0.25) is 9.59 Å². The molecule has 0 aromatic heterocycles. The Bertz CT molecular complexity index is 418. The van der Waals surface area contributed by atoms with E-state index in [-0.39, 0.29) is 6.54 Å². The van der Waals surface area contributed by atoms with E-state index in [0.29, 0.717) is 5.56 Å². The maximum absolute atomic E-state index is 11.9. The number of aliphatic carboxylic acids is 1. The predicted octanol–water partition coefficient (Wildman–Crippen LogP) is 0.899. The average Bonchev–Trinajstić information content (AvgIpc) is 2.37. The van der Waals surface area contributed by atoms with Crippen LogP contribution in [-0.4, -0.2) is 40.6 Å². The van der Waals surface area contributed by atoms with Crippen molar-refractivity contribution in [2.24, 2.45) is 5.92 Å². The minimum Gasteiger partial charge on any atom is -0.481 e. The van der Waals surface area contributed by atoms with Gasteiger partial charge in [0.15, 0.2) is 6.10 Å². The third-order valence-corrected chi connectivity index (χ3v) is 2.69. The highest BCUT2D eigenvalue weighted by Crippen LogP contribution is 2.15. The normalized spacial score (nSPS) is 13.7. The van der Waals surface area contributed by atoms with Gasteiger partial charge in [-0.05, 0) is 5.56 Å². The zero-order valence-corrected chi connectivity index (χ0v) is 10.4. The summed E-state index contributed by atoms with van der Waals surface area (Å²) in [6.45, 7) is 1.58. The molecular weight excluding hydrogens is 234 g/mol. The number of aliphatic hydroxyl groups is 1.